The van der Waals surface area contributed by atoms with E-state index in [1.165, 1.54) is 0 Å². The van der Waals surface area contributed by atoms with Crippen LogP contribution < -0.4 is 10.1 Å². The highest BCUT2D eigenvalue weighted by Crippen LogP contribution is 2.19. The molecule has 0 bridgehead atoms. The second-order valence-corrected chi connectivity index (χ2v) is 5.37. The van der Waals surface area contributed by atoms with Crippen molar-refractivity contribution in [2.45, 2.75) is 19.9 Å². The van der Waals surface area contributed by atoms with Crippen molar-refractivity contribution in [3.8, 4) is 17.3 Å². The molecule has 0 radical (unpaired) electrons. The summed E-state index contributed by atoms with van der Waals surface area (Å²) in [5.41, 5.74) is 1.01. The lowest BCUT2D eigenvalue weighted by molar-refractivity contribution is 0.102. The quantitative estimate of drug-likeness (QED) is 0.774. The Labute approximate surface area is 138 Å². The number of hydrogen-bond donors (Lipinski definition) is 1. The molecule has 0 unspecified atom stereocenters. The van der Waals surface area contributed by atoms with Crippen molar-refractivity contribution >= 4 is 11.9 Å². The van der Waals surface area contributed by atoms with Crippen LogP contribution in [0.5, 0.6) is 5.75 Å². The van der Waals surface area contributed by atoms with E-state index < -0.39 is 0 Å². The zero-order valence-electron chi connectivity index (χ0n) is 13.6. The smallest absolute Gasteiger partial charge is 0.322 e. The maximum atomic E-state index is 12.2. The topological polar surface area (TPSA) is 95.1 Å². The van der Waals surface area contributed by atoms with Gasteiger partial charge in [0.1, 0.15) is 11.4 Å². The number of carbonyl (C=O) groups is 1. The Kier molecular flexibility index (Phi) is 4.28. The van der Waals surface area contributed by atoms with Crippen LogP contribution in [0.3, 0.4) is 0 Å². The number of methoxy groups -OCH3 is 1. The number of aromatic nitrogens is 4. The molecule has 1 N–H and O–H groups in total. The van der Waals surface area contributed by atoms with E-state index in [2.05, 4.69) is 20.6 Å². The van der Waals surface area contributed by atoms with Crippen LogP contribution in [0.15, 0.2) is 40.9 Å². The van der Waals surface area contributed by atoms with Gasteiger partial charge in [0.25, 0.3) is 11.8 Å². The minimum Gasteiger partial charge on any atom is -0.497 e. The highest BCUT2D eigenvalue weighted by Gasteiger charge is 2.15. The average Bonchev–Trinajstić information content (AvgIpc) is 3.24. The lowest BCUT2D eigenvalue weighted by atomic mass is 10.2. The van der Waals surface area contributed by atoms with E-state index in [0.717, 1.165) is 0 Å². The zero-order chi connectivity index (χ0) is 17.1. The van der Waals surface area contributed by atoms with Gasteiger partial charge in [0, 0.05) is 17.8 Å². The van der Waals surface area contributed by atoms with Crippen LogP contribution in [0.4, 0.5) is 6.01 Å². The van der Waals surface area contributed by atoms with E-state index in [4.69, 9.17) is 9.15 Å². The third-order valence-corrected chi connectivity index (χ3v) is 3.35. The number of carbonyl (C=O) groups excluding carboxylic acids is 1. The molecule has 8 heteroatoms. The van der Waals surface area contributed by atoms with Crippen molar-refractivity contribution in [2.75, 3.05) is 12.4 Å². The molecule has 124 valence electrons. The van der Waals surface area contributed by atoms with Gasteiger partial charge in [0.05, 0.1) is 7.11 Å². The van der Waals surface area contributed by atoms with Gasteiger partial charge in [-0.15, -0.1) is 5.10 Å². The number of rotatable bonds is 5. The van der Waals surface area contributed by atoms with E-state index in [9.17, 15) is 4.79 Å². The molecule has 0 aliphatic rings. The van der Waals surface area contributed by atoms with Crippen molar-refractivity contribution in [2.24, 2.45) is 0 Å². The predicted octanol–water partition coefficient (Wildman–Crippen LogP) is 2.77. The van der Waals surface area contributed by atoms with Crippen LogP contribution in [0.2, 0.25) is 0 Å². The SMILES string of the molecule is COc1ccc(C(=O)Nc2nnc(-c3ccn(C(C)C)n3)o2)cc1. The summed E-state index contributed by atoms with van der Waals surface area (Å²) >= 11 is 0. The lowest BCUT2D eigenvalue weighted by Crippen LogP contribution is -2.11. The van der Waals surface area contributed by atoms with E-state index in [1.54, 1.807) is 42.1 Å². The maximum Gasteiger partial charge on any atom is 0.322 e. The van der Waals surface area contributed by atoms with Crippen molar-refractivity contribution in [1.29, 1.82) is 0 Å². The average molecular weight is 327 g/mol. The first-order valence-electron chi connectivity index (χ1n) is 7.41. The molecule has 0 aliphatic carbocycles. The second-order valence-electron chi connectivity index (χ2n) is 5.37. The van der Waals surface area contributed by atoms with Gasteiger partial charge < -0.3 is 9.15 Å². The zero-order valence-corrected chi connectivity index (χ0v) is 13.6. The Morgan fingerprint density at radius 3 is 2.58 bits per heavy atom. The summed E-state index contributed by atoms with van der Waals surface area (Å²) in [7, 11) is 1.57. The largest absolute Gasteiger partial charge is 0.497 e. The summed E-state index contributed by atoms with van der Waals surface area (Å²) in [5, 5.41) is 14.6. The fourth-order valence-corrected chi connectivity index (χ4v) is 2.03. The van der Waals surface area contributed by atoms with Crippen molar-refractivity contribution in [3.05, 3.63) is 42.1 Å². The molecular formula is C16H17N5O3. The van der Waals surface area contributed by atoms with Crippen LogP contribution in [0.25, 0.3) is 11.6 Å². The number of anilines is 1. The van der Waals surface area contributed by atoms with E-state index in [0.29, 0.717) is 17.0 Å². The first-order chi connectivity index (χ1) is 11.6. The molecular weight excluding hydrogens is 310 g/mol. The molecule has 3 rings (SSSR count). The van der Waals surface area contributed by atoms with Gasteiger partial charge in [-0.2, -0.15) is 5.10 Å². The van der Waals surface area contributed by atoms with Crippen LogP contribution in [-0.2, 0) is 0 Å². The summed E-state index contributed by atoms with van der Waals surface area (Å²) in [5.74, 6) is 0.576. The minimum atomic E-state index is -0.347. The van der Waals surface area contributed by atoms with Crippen LogP contribution in [0, 0.1) is 0 Å². The summed E-state index contributed by atoms with van der Waals surface area (Å²) < 4.78 is 12.3. The van der Waals surface area contributed by atoms with Gasteiger partial charge in [-0.1, -0.05) is 5.10 Å². The maximum absolute atomic E-state index is 12.2. The van der Waals surface area contributed by atoms with Crippen molar-refractivity contribution in [1.82, 2.24) is 20.0 Å². The van der Waals surface area contributed by atoms with Crippen LogP contribution in [0.1, 0.15) is 30.2 Å². The number of amides is 1. The second kappa shape index (κ2) is 6.53. The molecule has 1 amide bonds. The van der Waals surface area contributed by atoms with Gasteiger partial charge in [-0.25, -0.2) is 0 Å². The van der Waals surface area contributed by atoms with Crippen LogP contribution in [-0.4, -0.2) is 33.0 Å². The van der Waals surface area contributed by atoms with E-state index >= 15 is 0 Å². The Balaban J connectivity index is 1.71. The fourth-order valence-electron chi connectivity index (χ4n) is 2.03. The molecule has 2 aromatic heterocycles. The number of hydrogen-bond acceptors (Lipinski definition) is 6. The monoisotopic (exact) mass is 327 g/mol. The molecule has 0 spiro atoms. The number of ether oxygens (including phenoxy) is 1. The van der Waals surface area contributed by atoms with Gasteiger partial charge in [0.2, 0.25) is 0 Å². The Morgan fingerprint density at radius 2 is 1.96 bits per heavy atom. The molecule has 8 nitrogen and oxygen atoms in total. The molecule has 3 aromatic rings. The van der Waals surface area contributed by atoms with Crippen molar-refractivity contribution in [3.63, 3.8) is 0 Å². The Morgan fingerprint density at radius 1 is 1.21 bits per heavy atom. The highest BCUT2D eigenvalue weighted by atomic mass is 16.5. The summed E-state index contributed by atoms with van der Waals surface area (Å²) in [4.78, 5) is 12.2. The normalized spacial score (nSPS) is 10.8. The predicted molar refractivity (Wildman–Crippen MR) is 86.9 cm³/mol. The first-order valence-corrected chi connectivity index (χ1v) is 7.41. The molecule has 0 aliphatic heterocycles. The molecule has 0 atom stereocenters. The van der Waals surface area contributed by atoms with Crippen LogP contribution >= 0.6 is 0 Å². The number of nitrogens with one attached hydrogen (secondary N) is 1. The van der Waals surface area contributed by atoms with Gasteiger partial charge in [0.15, 0.2) is 0 Å². The molecule has 2 heterocycles. The van der Waals surface area contributed by atoms with E-state index in [1.807, 2.05) is 20.0 Å². The summed E-state index contributed by atoms with van der Waals surface area (Å²) in [6.07, 6.45) is 1.83. The lowest BCUT2D eigenvalue weighted by Gasteiger charge is -2.03. The highest BCUT2D eigenvalue weighted by molar-refractivity contribution is 6.03. The third-order valence-electron chi connectivity index (χ3n) is 3.35. The van der Waals surface area contributed by atoms with Gasteiger partial charge in [-0.05, 0) is 44.2 Å². The first kappa shape index (κ1) is 15.7. The molecule has 24 heavy (non-hydrogen) atoms. The third kappa shape index (κ3) is 3.27. The Bertz CT molecular complexity index is 836. The number of benzene rings is 1. The molecule has 1 aromatic carbocycles. The molecule has 0 saturated carbocycles. The van der Waals surface area contributed by atoms with Gasteiger partial charge in [-0.3, -0.25) is 14.8 Å². The summed E-state index contributed by atoms with van der Waals surface area (Å²) in [6, 6.07) is 8.73. The summed E-state index contributed by atoms with van der Waals surface area (Å²) in [6.45, 7) is 4.04. The minimum absolute atomic E-state index is 0.0184. The van der Waals surface area contributed by atoms with Gasteiger partial charge >= 0.3 is 6.01 Å². The standard InChI is InChI=1S/C16H17N5O3/c1-10(2)21-9-8-13(20-21)15-18-19-16(24-15)17-14(22)11-4-6-12(23-3)7-5-11/h4-10H,1-3H3,(H,17,19,22). The van der Waals surface area contributed by atoms with E-state index in [-0.39, 0.29) is 23.9 Å². The Hall–Kier alpha value is -3.16. The van der Waals surface area contributed by atoms with Crippen molar-refractivity contribution < 1.29 is 13.9 Å². The molecule has 0 saturated heterocycles. The molecule has 0 fully saturated rings. The fraction of sp³-hybridized carbons (Fsp3) is 0.250. The number of nitrogens with zero attached hydrogens (tertiary/aromatic N) is 4.